The molecule has 4 heteroatoms. The van der Waals surface area contributed by atoms with Gasteiger partial charge in [-0.05, 0) is 38.1 Å². The van der Waals surface area contributed by atoms with Crippen molar-refractivity contribution in [2.75, 3.05) is 13.1 Å². The Bertz CT molecular complexity index is 571. The molecule has 1 saturated heterocycles. The number of rotatable bonds is 2. The number of imidazole rings is 1. The van der Waals surface area contributed by atoms with Crippen molar-refractivity contribution < 1.29 is 4.39 Å². The fourth-order valence-electron chi connectivity index (χ4n) is 2.80. The molecule has 3 nitrogen and oxygen atoms in total. The van der Waals surface area contributed by atoms with E-state index in [0.29, 0.717) is 5.92 Å². The molecule has 0 saturated carbocycles. The van der Waals surface area contributed by atoms with Gasteiger partial charge in [0.2, 0.25) is 0 Å². The first-order chi connectivity index (χ1) is 9.25. The number of nitrogens with one attached hydrogen (secondary N) is 1. The third-order valence-electron chi connectivity index (χ3n) is 3.85. The number of nitrogens with zero attached hydrogens (tertiary/aromatic N) is 2. The Kier molecular flexibility index (Phi) is 3.34. The van der Waals surface area contributed by atoms with Gasteiger partial charge in [-0.1, -0.05) is 12.1 Å². The number of aromatic nitrogens is 2. The lowest BCUT2D eigenvalue weighted by atomic mass is 9.97. The number of hydrogen-bond donors (Lipinski definition) is 1. The summed E-state index contributed by atoms with van der Waals surface area (Å²) in [5.74, 6) is 1.41. The van der Waals surface area contributed by atoms with E-state index in [1.807, 2.05) is 19.3 Å². The van der Waals surface area contributed by atoms with Crippen molar-refractivity contribution in [3.63, 3.8) is 0 Å². The first-order valence-corrected chi connectivity index (χ1v) is 6.74. The maximum Gasteiger partial charge on any atom is 0.123 e. The van der Waals surface area contributed by atoms with Gasteiger partial charge in [0, 0.05) is 18.5 Å². The standard InChI is InChI=1S/C15H18FN3/c1-19-14(12-3-2-4-13(16)9-12)10-18-15(19)11-5-7-17-8-6-11/h2-4,9-11,17H,5-8H2,1H3. The van der Waals surface area contributed by atoms with Gasteiger partial charge in [0.05, 0.1) is 11.9 Å². The number of piperidine rings is 1. The van der Waals surface area contributed by atoms with Crippen LogP contribution in [0.5, 0.6) is 0 Å². The zero-order valence-corrected chi connectivity index (χ0v) is 11.1. The van der Waals surface area contributed by atoms with Crippen LogP contribution in [0.15, 0.2) is 30.5 Å². The summed E-state index contributed by atoms with van der Waals surface area (Å²) in [4.78, 5) is 4.56. The summed E-state index contributed by atoms with van der Waals surface area (Å²) in [5, 5.41) is 3.36. The first-order valence-electron chi connectivity index (χ1n) is 6.74. The zero-order valence-electron chi connectivity index (χ0n) is 11.1. The quantitative estimate of drug-likeness (QED) is 0.898. The predicted molar refractivity (Wildman–Crippen MR) is 73.4 cm³/mol. The van der Waals surface area contributed by atoms with Crippen molar-refractivity contribution in [1.29, 1.82) is 0 Å². The second-order valence-electron chi connectivity index (χ2n) is 5.10. The van der Waals surface area contributed by atoms with E-state index in [1.54, 1.807) is 12.1 Å². The maximum atomic E-state index is 13.3. The van der Waals surface area contributed by atoms with E-state index in [0.717, 1.165) is 43.0 Å². The highest BCUT2D eigenvalue weighted by Crippen LogP contribution is 2.28. The van der Waals surface area contributed by atoms with Crippen LogP contribution in [0.1, 0.15) is 24.6 Å². The second kappa shape index (κ2) is 5.13. The molecule has 0 radical (unpaired) electrons. The minimum Gasteiger partial charge on any atom is -0.331 e. The Hall–Kier alpha value is -1.68. The SMILES string of the molecule is Cn1c(-c2cccc(F)c2)cnc1C1CCNCC1. The van der Waals surface area contributed by atoms with Gasteiger partial charge in [0.15, 0.2) is 0 Å². The molecule has 0 unspecified atom stereocenters. The molecule has 100 valence electrons. The van der Waals surface area contributed by atoms with Gasteiger partial charge >= 0.3 is 0 Å². The molecule has 2 heterocycles. The number of benzene rings is 1. The molecule has 2 aromatic rings. The van der Waals surface area contributed by atoms with Crippen LogP contribution >= 0.6 is 0 Å². The van der Waals surface area contributed by atoms with Crippen molar-refractivity contribution in [2.45, 2.75) is 18.8 Å². The Balaban J connectivity index is 1.94. The molecule has 1 aromatic heterocycles. The molecule has 1 aromatic carbocycles. The largest absolute Gasteiger partial charge is 0.331 e. The van der Waals surface area contributed by atoms with E-state index < -0.39 is 0 Å². The van der Waals surface area contributed by atoms with E-state index in [4.69, 9.17) is 0 Å². The van der Waals surface area contributed by atoms with Crippen LogP contribution in [-0.4, -0.2) is 22.6 Å². The van der Waals surface area contributed by atoms with Gasteiger partial charge in [-0.3, -0.25) is 0 Å². The van der Waals surface area contributed by atoms with Crippen LogP contribution in [0.3, 0.4) is 0 Å². The molecule has 1 aliphatic rings. The van der Waals surface area contributed by atoms with Crippen molar-refractivity contribution in [3.8, 4) is 11.3 Å². The van der Waals surface area contributed by atoms with E-state index in [9.17, 15) is 4.39 Å². The summed E-state index contributed by atoms with van der Waals surface area (Å²) >= 11 is 0. The Labute approximate surface area is 112 Å². The first kappa shape index (κ1) is 12.4. The summed E-state index contributed by atoms with van der Waals surface area (Å²) < 4.78 is 15.4. The number of hydrogen-bond acceptors (Lipinski definition) is 2. The van der Waals surface area contributed by atoms with Crippen molar-refractivity contribution >= 4 is 0 Å². The summed E-state index contributed by atoms with van der Waals surface area (Å²) in [7, 11) is 2.02. The molecule has 19 heavy (non-hydrogen) atoms. The summed E-state index contributed by atoms with van der Waals surface area (Å²) in [6.45, 7) is 2.10. The van der Waals surface area contributed by atoms with Gasteiger partial charge in [0.25, 0.3) is 0 Å². The molecule has 0 spiro atoms. The van der Waals surface area contributed by atoms with E-state index in [-0.39, 0.29) is 5.82 Å². The Morgan fingerprint density at radius 3 is 2.84 bits per heavy atom. The summed E-state index contributed by atoms with van der Waals surface area (Å²) in [6.07, 6.45) is 4.09. The lowest BCUT2D eigenvalue weighted by molar-refractivity contribution is 0.437. The molecule has 3 rings (SSSR count). The summed E-state index contributed by atoms with van der Waals surface area (Å²) in [6, 6.07) is 6.69. The number of halogens is 1. The van der Waals surface area contributed by atoms with Gasteiger partial charge in [0.1, 0.15) is 11.6 Å². The highest BCUT2D eigenvalue weighted by atomic mass is 19.1. The van der Waals surface area contributed by atoms with E-state index in [2.05, 4.69) is 14.9 Å². The van der Waals surface area contributed by atoms with Crippen LogP contribution in [0.25, 0.3) is 11.3 Å². The molecule has 0 aliphatic carbocycles. The molecule has 0 amide bonds. The van der Waals surface area contributed by atoms with E-state index in [1.165, 1.54) is 6.07 Å². The minimum atomic E-state index is -0.206. The topological polar surface area (TPSA) is 29.9 Å². The fourth-order valence-corrected chi connectivity index (χ4v) is 2.80. The van der Waals surface area contributed by atoms with Gasteiger partial charge < -0.3 is 9.88 Å². The molecular weight excluding hydrogens is 241 g/mol. The average Bonchev–Trinajstić information content (AvgIpc) is 2.81. The zero-order chi connectivity index (χ0) is 13.2. The highest BCUT2D eigenvalue weighted by molar-refractivity contribution is 5.59. The molecular formula is C15H18FN3. The molecule has 0 atom stereocenters. The predicted octanol–water partition coefficient (Wildman–Crippen LogP) is 2.69. The Morgan fingerprint density at radius 1 is 1.32 bits per heavy atom. The monoisotopic (exact) mass is 259 g/mol. The maximum absolute atomic E-state index is 13.3. The van der Waals surface area contributed by atoms with Crippen LogP contribution in [0, 0.1) is 5.82 Å². The van der Waals surface area contributed by atoms with Crippen molar-refractivity contribution in [2.24, 2.45) is 7.05 Å². The third-order valence-corrected chi connectivity index (χ3v) is 3.85. The van der Waals surface area contributed by atoms with Crippen LogP contribution in [-0.2, 0) is 7.05 Å². The van der Waals surface area contributed by atoms with Crippen LogP contribution in [0.2, 0.25) is 0 Å². The van der Waals surface area contributed by atoms with Gasteiger partial charge in [-0.15, -0.1) is 0 Å². The lowest BCUT2D eigenvalue weighted by Crippen LogP contribution is -2.27. The fraction of sp³-hybridized carbons (Fsp3) is 0.400. The Morgan fingerprint density at radius 2 is 2.11 bits per heavy atom. The van der Waals surface area contributed by atoms with Crippen molar-refractivity contribution in [3.05, 3.63) is 42.1 Å². The summed E-state index contributed by atoms with van der Waals surface area (Å²) in [5.41, 5.74) is 1.86. The molecule has 0 bridgehead atoms. The molecule has 1 fully saturated rings. The van der Waals surface area contributed by atoms with Crippen LogP contribution in [0.4, 0.5) is 4.39 Å². The second-order valence-corrected chi connectivity index (χ2v) is 5.10. The minimum absolute atomic E-state index is 0.206. The lowest BCUT2D eigenvalue weighted by Gasteiger charge is -2.22. The normalized spacial score (nSPS) is 16.7. The van der Waals surface area contributed by atoms with E-state index >= 15 is 0 Å². The van der Waals surface area contributed by atoms with Crippen molar-refractivity contribution in [1.82, 2.24) is 14.9 Å². The average molecular weight is 259 g/mol. The van der Waals surface area contributed by atoms with Gasteiger partial charge in [-0.2, -0.15) is 0 Å². The van der Waals surface area contributed by atoms with Crippen LogP contribution < -0.4 is 5.32 Å². The molecule has 1 aliphatic heterocycles. The molecule has 1 N–H and O–H groups in total. The highest BCUT2D eigenvalue weighted by Gasteiger charge is 2.20. The van der Waals surface area contributed by atoms with Gasteiger partial charge in [-0.25, -0.2) is 9.37 Å². The third kappa shape index (κ3) is 2.40. The smallest absolute Gasteiger partial charge is 0.123 e.